The van der Waals surface area contributed by atoms with Gasteiger partial charge in [-0.15, -0.1) is 4.72 Å². The van der Waals surface area contributed by atoms with Crippen molar-refractivity contribution < 1.29 is 19.2 Å². The molecule has 5 nitrogen and oxygen atoms in total. The van der Waals surface area contributed by atoms with Crippen molar-refractivity contribution in [1.82, 2.24) is 4.72 Å². The zero-order valence-electron chi connectivity index (χ0n) is 10.8. The van der Waals surface area contributed by atoms with Crippen LogP contribution in [-0.4, -0.2) is 39.1 Å². The van der Waals surface area contributed by atoms with Crippen molar-refractivity contribution in [3.05, 3.63) is 0 Å². The van der Waals surface area contributed by atoms with Crippen LogP contribution in [0, 0.1) is 5.92 Å². The van der Waals surface area contributed by atoms with E-state index in [9.17, 15) is 14.5 Å². The van der Waals surface area contributed by atoms with E-state index in [1.54, 1.807) is 0 Å². The molecule has 2 atom stereocenters. The number of carboxylic acid groups (broad SMARTS) is 1. The second-order valence-electron chi connectivity index (χ2n) is 5.43. The second kappa shape index (κ2) is 5.14. The number of aliphatic carboxylic acids is 1. The Bertz CT molecular complexity index is 286. The Morgan fingerprint density at radius 2 is 2.12 bits per heavy atom. The number of hydrogen-bond acceptors (Lipinski definition) is 4. The van der Waals surface area contributed by atoms with Crippen LogP contribution < -0.4 is 4.72 Å². The van der Waals surface area contributed by atoms with Crippen LogP contribution in [0.1, 0.15) is 34.1 Å². The smallest absolute Gasteiger partial charge is 0.308 e. The SMILES string of the molecule is CCC(C(=O)O)C1(N[S+]([O-])C(C)(C)C)COC1. The molecule has 1 rings (SSSR count). The highest BCUT2D eigenvalue weighted by Crippen LogP contribution is 2.31. The Hall–Kier alpha value is -0.300. The van der Waals surface area contributed by atoms with Gasteiger partial charge in [-0.25, -0.2) is 0 Å². The zero-order chi connectivity index (χ0) is 13.3. The van der Waals surface area contributed by atoms with Crippen LogP contribution in [0.5, 0.6) is 0 Å². The lowest BCUT2D eigenvalue weighted by Gasteiger charge is -2.46. The van der Waals surface area contributed by atoms with E-state index in [4.69, 9.17) is 4.74 Å². The van der Waals surface area contributed by atoms with Gasteiger partial charge in [-0.3, -0.25) is 4.79 Å². The zero-order valence-corrected chi connectivity index (χ0v) is 11.6. The fourth-order valence-electron chi connectivity index (χ4n) is 1.79. The molecular formula is C11H21NO4S. The molecule has 6 heteroatoms. The van der Waals surface area contributed by atoms with Crippen molar-refractivity contribution in [3.8, 4) is 0 Å². The molecule has 100 valence electrons. The predicted octanol–water partition coefficient (Wildman–Crippen LogP) is 0.918. The van der Waals surface area contributed by atoms with Crippen LogP contribution in [0.25, 0.3) is 0 Å². The molecule has 1 aliphatic rings. The molecule has 0 aliphatic carbocycles. The van der Waals surface area contributed by atoms with Gasteiger partial charge in [0, 0.05) is 11.4 Å². The Balaban J connectivity index is 2.79. The van der Waals surface area contributed by atoms with E-state index in [2.05, 4.69) is 4.72 Å². The number of ether oxygens (including phenoxy) is 1. The molecular weight excluding hydrogens is 242 g/mol. The van der Waals surface area contributed by atoms with Crippen molar-refractivity contribution in [2.45, 2.75) is 44.4 Å². The van der Waals surface area contributed by atoms with Gasteiger partial charge < -0.3 is 14.4 Å². The van der Waals surface area contributed by atoms with Gasteiger partial charge in [0.1, 0.15) is 10.3 Å². The number of rotatable bonds is 5. The van der Waals surface area contributed by atoms with Crippen LogP contribution in [0.4, 0.5) is 0 Å². The van der Waals surface area contributed by atoms with Crippen LogP contribution in [0.3, 0.4) is 0 Å². The number of nitrogens with one attached hydrogen (secondary N) is 1. The van der Waals surface area contributed by atoms with Gasteiger partial charge in [-0.2, -0.15) is 0 Å². The van der Waals surface area contributed by atoms with Crippen molar-refractivity contribution >= 4 is 17.3 Å². The molecule has 17 heavy (non-hydrogen) atoms. The molecule has 0 saturated carbocycles. The standard InChI is InChI=1S/C11H21NO4S/c1-5-8(9(13)14)11(6-16-7-11)12-17(15)10(2,3)4/h8,12H,5-7H2,1-4H3,(H,13,14). The first-order valence-electron chi connectivity index (χ1n) is 5.73. The van der Waals surface area contributed by atoms with Gasteiger partial charge >= 0.3 is 5.97 Å². The van der Waals surface area contributed by atoms with Gasteiger partial charge in [-0.05, 0) is 27.2 Å². The highest BCUT2D eigenvalue weighted by atomic mass is 32.2. The Labute approximate surface area is 105 Å². The predicted molar refractivity (Wildman–Crippen MR) is 66.0 cm³/mol. The van der Waals surface area contributed by atoms with E-state index >= 15 is 0 Å². The van der Waals surface area contributed by atoms with Crippen molar-refractivity contribution in [2.75, 3.05) is 13.2 Å². The van der Waals surface area contributed by atoms with Gasteiger partial charge in [-0.1, -0.05) is 6.92 Å². The first-order valence-corrected chi connectivity index (χ1v) is 6.88. The number of hydrogen-bond donors (Lipinski definition) is 2. The summed E-state index contributed by atoms with van der Waals surface area (Å²) < 4.78 is 19.7. The molecule has 2 unspecified atom stereocenters. The molecule has 0 spiro atoms. The molecule has 0 aromatic heterocycles. The van der Waals surface area contributed by atoms with Crippen LogP contribution in [0.15, 0.2) is 0 Å². The molecule has 0 aromatic rings. The molecule has 1 heterocycles. The van der Waals surface area contributed by atoms with Crippen LogP contribution >= 0.6 is 0 Å². The van der Waals surface area contributed by atoms with E-state index in [1.807, 2.05) is 27.7 Å². The van der Waals surface area contributed by atoms with Gasteiger partial charge in [0.25, 0.3) is 0 Å². The lowest BCUT2D eigenvalue weighted by molar-refractivity contribution is -0.157. The molecule has 2 N–H and O–H groups in total. The quantitative estimate of drug-likeness (QED) is 0.721. The lowest BCUT2D eigenvalue weighted by atomic mass is 9.81. The monoisotopic (exact) mass is 263 g/mol. The van der Waals surface area contributed by atoms with E-state index < -0.39 is 33.5 Å². The third kappa shape index (κ3) is 3.13. The highest BCUT2D eigenvalue weighted by molar-refractivity contribution is 7.90. The summed E-state index contributed by atoms with van der Waals surface area (Å²) in [6, 6.07) is 0. The van der Waals surface area contributed by atoms with Gasteiger partial charge in [0.15, 0.2) is 0 Å². The summed E-state index contributed by atoms with van der Waals surface area (Å²) in [6.45, 7) is 7.99. The summed E-state index contributed by atoms with van der Waals surface area (Å²) in [5, 5.41) is 9.20. The maximum absolute atomic E-state index is 12.1. The average Bonchev–Trinajstić information content (AvgIpc) is 2.12. The van der Waals surface area contributed by atoms with Gasteiger partial charge in [0.2, 0.25) is 0 Å². The molecule has 1 aliphatic heterocycles. The first kappa shape index (κ1) is 14.8. The van der Waals surface area contributed by atoms with Gasteiger partial charge in [0.05, 0.1) is 19.1 Å². The summed E-state index contributed by atoms with van der Waals surface area (Å²) in [6.07, 6.45) is 0.493. The summed E-state index contributed by atoms with van der Waals surface area (Å²) in [7, 11) is 0. The largest absolute Gasteiger partial charge is 0.598 e. The topological polar surface area (TPSA) is 81.6 Å². The molecule has 0 aromatic carbocycles. The lowest BCUT2D eigenvalue weighted by Crippen LogP contribution is -2.69. The molecule has 0 bridgehead atoms. The normalized spacial score (nSPS) is 22.6. The third-order valence-electron chi connectivity index (χ3n) is 2.94. The van der Waals surface area contributed by atoms with Crippen molar-refractivity contribution in [2.24, 2.45) is 5.92 Å². The summed E-state index contributed by atoms with van der Waals surface area (Å²) >= 11 is -1.29. The van der Waals surface area contributed by atoms with E-state index in [0.29, 0.717) is 19.6 Å². The van der Waals surface area contributed by atoms with E-state index in [1.165, 1.54) is 0 Å². The van der Waals surface area contributed by atoms with Crippen molar-refractivity contribution in [3.63, 3.8) is 0 Å². The first-order chi connectivity index (χ1) is 7.73. The van der Waals surface area contributed by atoms with Crippen LogP contribution in [-0.2, 0) is 20.9 Å². The summed E-state index contributed by atoms with van der Waals surface area (Å²) in [5.74, 6) is -1.43. The maximum atomic E-state index is 12.1. The van der Waals surface area contributed by atoms with E-state index in [-0.39, 0.29) is 0 Å². The second-order valence-corrected chi connectivity index (χ2v) is 7.40. The Kier molecular flexibility index (Phi) is 4.46. The molecule has 1 saturated heterocycles. The summed E-state index contributed by atoms with van der Waals surface area (Å²) in [5.41, 5.74) is -0.682. The summed E-state index contributed by atoms with van der Waals surface area (Å²) in [4.78, 5) is 11.2. The fraction of sp³-hybridized carbons (Fsp3) is 0.909. The highest BCUT2D eigenvalue weighted by Gasteiger charge is 2.53. The minimum absolute atomic E-state index is 0.305. The molecule has 1 fully saturated rings. The van der Waals surface area contributed by atoms with Crippen molar-refractivity contribution in [1.29, 1.82) is 0 Å². The minimum atomic E-state index is -1.29. The Morgan fingerprint density at radius 3 is 2.35 bits per heavy atom. The average molecular weight is 263 g/mol. The Morgan fingerprint density at radius 1 is 1.59 bits per heavy atom. The minimum Gasteiger partial charge on any atom is -0.598 e. The number of carboxylic acids is 1. The number of carbonyl (C=O) groups is 1. The molecule has 0 radical (unpaired) electrons. The molecule has 0 amide bonds. The third-order valence-corrected chi connectivity index (χ3v) is 4.65. The van der Waals surface area contributed by atoms with E-state index in [0.717, 1.165) is 0 Å². The maximum Gasteiger partial charge on any atom is 0.308 e. The fourth-order valence-corrected chi connectivity index (χ4v) is 2.73. The van der Waals surface area contributed by atoms with Crippen LogP contribution in [0.2, 0.25) is 0 Å².